The van der Waals surface area contributed by atoms with Gasteiger partial charge in [0.25, 0.3) is 10.0 Å². The molecule has 0 aliphatic carbocycles. The second-order valence-corrected chi connectivity index (χ2v) is 4.74. The Morgan fingerprint density at radius 1 is 1.57 bits per heavy atom. The van der Waals surface area contributed by atoms with E-state index in [0.717, 1.165) is 6.21 Å². The van der Waals surface area contributed by atoms with Crippen LogP contribution in [0.1, 0.15) is 0 Å². The lowest BCUT2D eigenvalue weighted by molar-refractivity contribution is -0.132. The lowest BCUT2D eigenvalue weighted by Crippen LogP contribution is -2.20. The van der Waals surface area contributed by atoms with Gasteiger partial charge in [0.1, 0.15) is 0 Å². The van der Waals surface area contributed by atoms with E-state index in [0.29, 0.717) is 0 Å². The molecule has 1 aliphatic rings. The lowest BCUT2D eigenvalue weighted by atomic mass is 10.2. The highest BCUT2D eigenvalue weighted by atomic mass is 32.2. The molecule has 6 nitrogen and oxygen atoms in total. The number of carboxylic acid groups (broad SMARTS) is 1. The van der Waals surface area contributed by atoms with Crippen LogP contribution in [0.15, 0.2) is 14.9 Å². The summed E-state index contributed by atoms with van der Waals surface area (Å²) in [5, 5.41) is 8.70. The van der Waals surface area contributed by atoms with E-state index in [9.17, 15) is 13.2 Å². The van der Waals surface area contributed by atoms with Crippen molar-refractivity contribution in [1.82, 2.24) is 4.90 Å². The van der Waals surface area contributed by atoms with E-state index in [1.54, 1.807) is 19.0 Å². The first-order valence-electron chi connectivity index (χ1n) is 3.76. The molecule has 0 aromatic heterocycles. The van der Waals surface area contributed by atoms with Crippen LogP contribution in [0, 0.1) is 0 Å². The van der Waals surface area contributed by atoms with Crippen molar-refractivity contribution in [3.8, 4) is 0 Å². The molecule has 0 amide bonds. The van der Waals surface area contributed by atoms with Crippen LogP contribution in [0.4, 0.5) is 0 Å². The van der Waals surface area contributed by atoms with Gasteiger partial charge in [0.15, 0.2) is 0 Å². The number of likely N-dealkylation sites (N-methyl/N-ethyl adjacent to an activating group) is 1. The van der Waals surface area contributed by atoms with Crippen molar-refractivity contribution in [2.24, 2.45) is 4.40 Å². The first kappa shape index (κ1) is 10.9. The zero-order chi connectivity index (χ0) is 10.9. The minimum Gasteiger partial charge on any atom is -0.478 e. The van der Waals surface area contributed by atoms with Gasteiger partial charge >= 0.3 is 5.97 Å². The molecule has 0 aromatic rings. The summed E-state index contributed by atoms with van der Waals surface area (Å²) in [5.74, 6) is -1.27. The number of carbonyl (C=O) groups is 1. The highest BCUT2D eigenvalue weighted by molar-refractivity contribution is 7.94. The smallest absolute Gasteiger partial charge is 0.338 e. The highest BCUT2D eigenvalue weighted by Crippen LogP contribution is 2.20. The Morgan fingerprint density at radius 2 is 2.14 bits per heavy atom. The Bertz CT molecular complexity index is 419. The number of sulfonamides is 1. The van der Waals surface area contributed by atoms with Crippen LogP contribution in [0.2, 0.25) is 0 Å². The van der Waals surface area contributed by atoms with Crippen molar-refractivity contribution < 1.29 is 18.3 Å². The Labute approximate surface area is 81.6 Å². The zero-order valence-electron chi connectivity index (χ0n) is 7.76. The Hall–Kier alpha value is -1.21. The molecule has 14 heavy (non-hydrogen) atoms. The predicted molar refractivity (Wildman–Crippen MR) is 50.6 cm³/mol. The monoisotopic (exact) mass is 218 g/mol. The molecule has 0 spiro atoms. The molecule has 0 radical (unpaired) electrons. The number of hydrogen-bond acceptors (Lipinski definition) is 4. The average Bonchev–Trinajstić information content (AvgIpc) is 2.26. The molecule has 1 rings (SSSR count). The van der Waals surface area contributed by atoms with E-state index in [1.807, 2.05) is 0 Å². The second-order valence-electron chi connectivity index (χ2n) is 3.09. The van der Waals surface area contributed by atoms with Gasteiger partial charge in [-0.3, -0.25) is 0 Å². The third kappa shape index (κ3) is 1.99. The van der Waals surface area contributed by atoms with Gasteiger partial charge < -0.3 is 10.0 Å². The van der Waals surface area contributed by atoms with Gasteiger partial charge in [0, 0.05) is 6.54 Å². The van der Waals surface area contributed by atoms with E-state index in [4.69, 9.17) is 5.11 Å². The quantitative estimate of drug-likeness (QED) is 0.677. The van der Waals surface area contributed by atoms with Crippen LogP contribution in [0.3, 0.4) is 0 Å². The maximum Gasteiger partial charge on any atom is 0.338 e. The zero-order valence-corrected chi connectivity index (χ0v) is 8.58. The van der Waals surface area contributed by atoms with Gasteiger partial charge in [0.2, 0.25) is 0 Å². The number of carboxylic acids is 1. The van der Waals surface area contributed by atoms with E-state index in [2.05, 4.69) is 4.40 Å². The van der Waals surface area contributed by atoms with E-state index >= 15 is 0 Å². The van der Waals surface area contributed by atoms with E-state index < -0.39 is 16.0 Å². The minimum atomic E-state index is -3.75. The van der Waals surface area contributed by atoms with Crippen LogP contribution in [0.25, 0.3) is 0 Å². The molecule has 0 atom stereocenters. The number of rotatable bonds is 3. The van der Waals surface area contributed by atoms with Gasteiger partial charge in [0.05, 0.1) is 16.7 Å². The molecular weight excluding hydrogens is 208 g/mol. The summed E-state index contributed by atoms with van der Waals surface area (Å²) < 4.78 is 25.7. The van der Waals surface area contributed by atoms with Crippen molar-refractivity contribution in [2.45, 2.75) is 0 Å². The molecule has 1 N–H and O–H groups in total. The fourth-order valence-electron chi connectivity index (χ4n) is 1.03. The van der Waals surface area contributed by atoms with Gasteiger partial charge in [-0.15, -0.1) is 0 Å². The fourth-order valence-corrected chi connectivity index (χ4v) is 2.24. The van der Waals surface area contributed by atoms with Crippen LogP contribution >= 0.6 is 0 Å². The summed E-state index contributed by atoms with van der Waals surface area (Å²) in [6.07, 6.45) is 0.872. The Kier molecular flexibility index (Phi) is 2.72. The summed E-state index contributed by atoms with van der Waals surface area (Å²) in [4.78, 5) is 12.1. The van der Waals surface area contributed by atoms with Gasteiger partial charge in [-0.05, 0) is 14.1 Å². The summed E-state index contributed by atoms with van der Waals surface area (Å²) >= 11 is 0. The predicted octanol–water partition coefficient (Wildman–Crippen LogP) is -0.699. The molecule has 1 aliphatic heterocycles. The second kappa shape index (κ2) is 3.50. The largest absolute Gasteiger partial charge is 0.478 e. The Morgan fingerprint density at radius 3 is 2.57 bits per heavy atom. The minimum absolute atomic E-state index is 0.0456. The molecule has 0 fully saturated rings. The lowest BCUT2D eigenvalue weighted by Gasteiger charge is -2.09. The van der Waals surface area contributed by atoms with Crippen molar-refractivity contribution in [3.05, 3.63) is 10.5 Å². The number of nitrogens with zero attached hydrogens (tertiary/aromatic N) is 2. The molecule has 0 unspecified atom stereocenters. The molecule has 7 heteroatoms. The van der Waals surface area contributed by atoms with Crippen LogP contribution in [-0.4, -0.2) is 51.2 Å². The summed E-state index contributed by atoms with van der Waals surface area (Å²) in [6, 6.07) is 0. The maximum absolute atomic E-state index is 11.3. The SMILES string of the molecule is CN(C)CC1=C(C(=O)O)C=NS1(=O)=O. The molecule has 0 aromatic carbocycles. The van der Waals surface area contributed by atoms with Gasteiger partial charge in [-0.1, -0.05) is 0 Å². The van der Waals surface area contributed by atoms with Gasteiger partial charge in [-0.2, -0.15) is 12.8 Å². The van der Waals surface area contributed by atoms with Crippen LogP contribution < -0.4 is 0 Å². The van der Waals surface area contributed by atoms with Crippen molar-refractivity contribution in [1.29, 1.82) is 0 Å². The first-order chi connectivity index (χ1) is 6.34. The molecule has 0 saturated carbocycles. The standard InChI is InChI=1S/C7H10N2O4S/c1-9(2)4-6-5(7(10)11)3-8-14(6,12)13/h3H,4H2,1-2H3,(H,10,11). The molecule has 78 valence electrons. The third-order valence-corrected chi connectivity index (χ3v) is 2.98. The first-order valence-corrected chi connectivity index (χ1v) is 5.20. The average molecular weight is 218 g/mol. The number of hydrogen-bond donors (Lipinski definition) is 1. The fraction of sp³-hybridized carbons (Fsp3) is 0.429. The summed E-state index contributed by atoms with van der Waals surface area (Å²) in [7, 11) is -0.444. The summed E-state index contributed by atoms with van der Waals surface area (Å²) in [6.45, 7) is 0.0456. The molecule has 0 bridgehead atoms. The van der Waals surface area contributed by atoms with Crippen molar-refractivity contribution >= 4 is 22.2 Å². The van der Waals surface area contributed by atoms with Crippen molar-refractivity contribution in [2.75, 3.05) is 20.6 Å². The van der Waals surface area contributed by atoms with E-state index in [-0.39, 0.29) is 17.0 Å². The topological polar surface area (TPSA) is 87.0 Å². The maximum atomic E-state index is 11.3. The normalized spacial score (nSPS) is 19.4. The Balaban J connectivity index is 3.18. The van der Waals surface area contributed by atoms with Crippen molar-refractivity contribution in [3.63, 3.8) is 0 Å². The molecular formula is C7H10N2O4S. The highest BCUT2D eigenvalue weighted by Gasteiger charge is 2.29. The summed E-state index contributed by atoms with van der Waals surface area (Å²) in [5.41, 5.74) is -0.251. The van der Waals surface area contributed by atoms with Gasteiger partial charge in [-0.25, -0.2) is 4.79 Å². The molecule has 1 heterocycles. The third-order valence-electron chi connectivity index (χ3n) is 1.62. The number of aliphatic carboxylic acids is 1. The van der Waals surface area contributed by atoms with Crippen LogP contribution in [-0.2, 0) is 14.8 Å². The molecule has 0 saturated heterocycles. The van der Waals surface area contributed by atoms with Crippen LogP contribution in [0.5, 0.6) is 0 Å². The van der Waals surface area contributed by atoms with E-state index in [1.165, 1.54) is 0 Å².